The fourth-order valence-corrected chi connectivity index (χ4v) is 6.84. The van der Waals surface area contributed by atoms with Gasteiger partial charge in [0.1, 0.15) is 0 Å². The van der Waals surface area contributed by atoms with E-state index in [2.05, 4.69) is 151 Å². The summed E-state index contributed by atoms with van der Waals surface area (Å²) in [6, 6.07) is 51.0. The molecule has 8 aromatic rings. The van der Waals surface area contributed by atoms with Gasteiger partial charge in [-0.15, -0.1) is 0 Å². The van der Waals surface area contributed by atoms with Gasteiger partial charge in [0.2, 0.25) is 0 Å². The lowest BCUT2D eigenvalue weighted by Gasteiger charge is -2.33. The zero-order chi connectivity index (χ0) is 31.3. The summed E-state index contributed by atoms with van der Waals surface area (Å²) in [4.78, 5) is 17.9. The Kier molecular flexibility index (Phi) is 6.39. The molecule has 3 aromatic heterocycles. The molecule has 1 aliphatic rings. The highest BCUT2D eigenvalue weighted by Gasteiger charge is 2.23. The van der Waals surface area contributed by atoms with Crippen LogP contribution in [0.3, 0.4) is 0 Å². The van der Waals surface area contributed by atoms with Gasteiger partial charge in [0.25, 0.3) is 0 Å². The van der Waals surface area contributed by atoms with Gasteiger partial charge >= 0.3 is 0 Å². The standard InChI is InChI=1S/C43H30N4/c1-47-39(29-11-6-3-7-12-29)26-22-33-18-17-32-21-25-38(46-42(32)43(33)47)35-14-8-13-34(27-35)37-24-20-31-16-15-30-19-23-36(28-9-4-2-5-10-28)44-40(30)41(31)45-37/h2-27,39H,1H3. The smallest absolute Gasteiger partial charge is 0.0972 e. The Morgan fingerprint density at radius 3 is 1.60 bits per heavy atom. The fourth-order valence-electron chi connectivity index (χ4n) is 6.84. The number of hydrogen-bond acceptors (Lipinski definition) is 4. The van der Waals surface area contributed by atoms with Gasteiger partial charge in [-0.3, -0.25) is 0 Å². The van der Waals surface area contributed by atoms with Crippen molar-refractivity contribution in [1.29, 1.82) is 0 Å². The quantitative estimate of drug-likeness (QED) is 0.188. The third-order valence-electron chi connectivity index (χ3n) is 9.28. The summed E-state index contributed by atoms with van der Waals surface area (Å²) in [5.41, 5.74) is 12.4. The van der Waals surface area contributed by atoms with Crippen molar-refractivity contribution in [2.75, 3.05) is 11.9 Å². The third kappa shape index (κ3) is 4.74. The van der Waals surface area contributed by atoms with Gasteiger partial charge < -0.3 is 4.90 Å². The highest BCUT2D eigenvalue weighted by molar-refractivity contribution is 6.04. The number of hydrogen-bond donors (Lipinski definition) is 0. The minimum absolute atomic E-state index is 0.149. The van der Waals surface area contributed by atoms with Gasteiger partial charge in [-0.25, -0.2) is 15.0 Å². The van der Waals surface area contributed by atoms with Crippen LogP contribution in [0.15, 0.2) is 152 Å². The predicted octanol–water partition coefficient (Wildman–Crippen LogP) is 10.5. The number of nitrogens with zero attached hydrogens (tertiary/aromatic N) is 4. The summed E-state index contributed by atoms with van der Waals surface area (Å²) >= 11 is 0. The average molecular weight is 603 g/mol. The largest absolute Gasteiger partial charge is 0.362 e. The molecule has 0 spiro atoms. The molecule has 0 amide bonds. The molecule has 4 heterocycles. The third-order valence-corrected chi connectivity index (χ3v) is 9.28. The molecular formula is C43H30N4. The van der Waals surface area contributed by atoms with E-state index >= 15 is 0 Å². The van der Waals surface area contributed by atoms with E-state index in [1.807, 2.05) is 18.2 Å². The van der Waals surface area contributed by atoms with E-state index in [9.17, 15) is 0 Å². The van der Waals surface area contributed by atoms with Crippen LogP contribution in [-0.4, -0.2) is 22.0 Å². The van der Waals surface area contributed by atoms with Crippen molar-refractivity contribution >= 4 is 44.5 Å². The molecular weight excluding hydrogens is 573 g/mol. The van der Waals surface area contributed by atoms with Crippen LogP contribution in [0.25, 0.3) is 72.6 Å². The topological polar surface area (TPSA) is 41.9 Å². The highest BCUT2D eigenvalue weighted by atomic mass is 15.1. The van der Waals surface area contributed by atoms with Crippen LogP contribution in [0.4, 0.5) is 5.69 Å². The van der Waals surface area contributed by atoms with Crippen molar-refractivity contribution in [2.24, 2.45) is 0 Å². The average Bonchev–Trinajstić information content (AvgIpc) is 3.15. The Balaban J connectivity index is 1.12. The van der Waals surface area contributed by atoms with E-state index < -0.39 is 0 Å². The van der Waals surface area contributed by atoms with Crippen molar-refractivity contribution in [1.82, 2.24) is 15.0 Å². The second kappa shape index (κ2) is 11.0. The first-order valence-electron chi connectivity index (χ1n) is 16.0. The van der Waals surface area contributed by atoms with E-state index in [4.69, 9.17) is 15.0 Å². The molecule has 0 N–H and O–H groups in total. The second-order valence-electron chi connectivity index (χ2n) is 12.1. The van der Waals surface area contributed by atoms with Crippen LogP contribution in [0.2, 0.25) is 0 Å². The summed E-state index contributed by atoms with van der Waals surface area (Å²) in [6.45, 7) is 0. The number of anilines is 1. The number of rotatable bonds is 4. The van der Waals surface area contributed by atoms with Gasteiger partial charge in [0.15, 0.2) is 0 Å². The Bertz CT molecular complexity index is 2490. The molecule has 0 fully saturated rings. The van der Waals surface area contributed by atoms with Gasteiger partial charge in [-0.1, -0.05) is 133 Å². The number of aromatic nitrogens is 3. The summed E-state index contributed by atoms with van der Waals surface area (Å²) in [5, 5.41) is 3.28. The Morgan fingerprint density at radius 1 is 0.468 bits per heavy atom. The van der Waals surface area contributed by atoms with Crippen molar-refractivity contribution < 1.29 is 0 Å². The molecule has 5 aromatic carbocycles. The molecule has 1 atom stereocenters. The summed E-state index contributed by atoms with van der Waals surface area (Å²) in [6.07, 6.45) is 4.50. The van der Waals surface area contributed by atoms with Crippen LogP contribution >= 0.6 is 0 Å². The number of benzene rings is 5. The van der Waals surface area contributed by atoms with E-state index in [1.165, 1.54) is 11.1 Å². The number of likely N-dealkylation sites (N-methyl/N-ethyl adjacent to an activating group) is 1. The first-order chi connectivity index (χ1) is 23.2. The zero-order valence-electron chi connectivity index (χ0n) is 25.9. The lowest BCUT2D eigenvalue weighted by atomic mass is 9.96. The Morgan fingerprint density at radius 2 is 0.957 bits per heavy atom. The molecule has 9 rings (SSSR count). The minimum atomic E-state index is 0.149. The molecule has 222 valence electrons. The molecule has 1 unspecified atom stereocenters. The zero-order valence-corrected chi connectivity index (χ0v) is 25.9. The van der Waals surface area contributed by atoms with Gasteiger partial charge in [0, 0.05) is 39.9 Å². The molecule has 0 saturated carbocycles. The van der Waals surface area contributed by atoms with E-state index in [0.717, 1.165) is 72.2 Å². The Hall–Kier alpha value is -6.13. The van der Waals surface area contributed by atoms with Gasteiger partial charge in [-0.05, 0) is 35.4 Å². The molecule has 4 heteroatoms. The van der Waals surface area contributed by atoms with Crippen LogP contribution in [0.1, 0.15) is 17.2 Å². The first-order valence-corrected chi connectivity index (χ1v) is 16.0. The summed E-state index contributed by atoms with van der Waals surface area (Å²) in [7, 11) is 2.17. The summed E-state index contributed by atoms with van der Waals surface area (Å²) < 4.78 is 0. The molecule has 0 radical (unpaired) electrons. The van der Waals surface area contributed by atoms with E-state index in [-0.39, 0.29) is 6.04 Å². The van der Waals surface area contributed by atoms with E-state index in [0.29, 0.717) is 0 Å². The number of pyridine rings is 3. The fraction of sp³-hybridized carbons (Fsp3) is 0.0465. The maximum Gasteiger partial charge on any atom is 0.0972 e. The van der Waals surface area contributed by atoms with Crippen LogP contribution < -0.4 is 4.90 Å². The first kappa shape index (κ1) is 27.2. The minimum Gasteiger partial charge on any atom is -0.362 e. The molecule has 1 aliphatic heterocycles. The normalized spacial score (nSPS) is 14.1. The lowest BCUT2D eigenvalue weighted by molar-refractivity contribution is 0.807. The molecule has 4 nitrogen and oxygen atoms in total. The molecule has 0 bridgehead atoms. The van der Waals surface area contributed by atoms with Gasteiger partial charge in [0.05, 0.1) is 45.4 Å². The number of fused-ring (bicyclic) bond motifs is 6. The van der Waals surface area contributed by atoms with Gasteiger partial charge in [-0.2, -0.15) is 0 Å². The second-order valence-corrected chi connectivity index (χ2v) is 12.1. The maximum atomic E-state index is 5.30. The monoisotopic (exact) mass is 602 g/mol. The van der Waals surface area contributed by atoms with Crippen LogP contribution in [0.5, 0.6) is 0 Å². The van der Waals surface area contributed by atoms with Crippen molar-refractivity contribution in [3.8, 4) is 33.8 Å². The molecule has 0 aliphatic carbocycles. The van der Waals surface area contributed by atoms with E-state index in [1.54, 1.807) is 0 Å². The molecule has 0 saturated heterocycles. The SMILES string of the molecule is CN1c2c(ccc3ccc(-c4cccc(-c5ccc6ccc7ccc(-c8ccccc8)nc7c6n5)c4)nc23)C=CC1c1ccccc1. The van der Waals surface area contributed by atoms with Crippen molar-refractivity contribution in [2.45, 2.75) is 6.04 Å². The predicted molar refractivity (Wildman–Crippen MR) is 195 cm³/mol. The Labute approximate surface area is 273 Å². The van der Waals surface area contributed by atoms with Crippen molar-refractivity contribution in [3.63, 3.8) is 0 Å². The van der Waals surface area contributed by atoms with Crippen molar-refractivity contribution in [3.05, 3.63) is 163 Å². The summed E-state index contributed by atoms with van der Waals surface area (Å²) in [5.74, 6) is 0. The van der Waals surface area contributed by atoms with Crippen LogP contribution in [-0.2, 0) is 0 Å². The lowest BCUT2D eigenvalue weighted by Crippen LogP contribution is -2.25. The van der Waals surface area contributed by atoms with Crippen LogP contribution in [0, 0.1) is 0 Å². The highest BCUT2D eigenvalue weighted by Crippen LogP contribution is 2.40. The maximum absolute atomic E-state index is 5.30. The molecule has 47 heavy (non-hydrogen) atoms.